The highest BCUT2D eigenvalue weighted by Gasteiger charge is 1.97. The molecule has 0 unspecified atom stereocenters. The third kappa shape index (κ3) is 4.90. The normalized spacial score (nSPS) is 11.3. The Kier molecular flexibility index (Phi) is 6.33. The molecule has 0 fully saturated rings. The molecule has 5 heteroatoms. The fourth-order valence-electron chi connectivity index (χ4n) is 1.08. The first kappa shape index (κ1) is 13.4. The second-order valence-electron chi connectivity index (χ2n) is 2.93. The van der Waals surface area contributed by atoms with E-state index in [1.165, 1.54) is 0 Å². The third-order valence-corrected chi connectivity index (χ3v) is 3.38. The molecular formula is C11H15BrN2OS. The van der Waals surface area contributed by atoms with Crippen LogP contribution < -0.4 is 10.1 Å². The number of amidine groups is 1. The minimum Gasteiger partial charge on any atom is -0.493 e. The monoisotopic (exact) mass is 302 g/mol. The van der Waals surface area contributed by atoms with Crippen LogP contribution in [0.1, 0.15) is 0 Å². The Morgan fingerprint density at radius 3 is 2.69 bits per heavy atom. The van der Waals surface area contributed by atoms with Crippen LogP contribution in [0, 0.1) is 0 Å². The van der Waals surface area contributed by atoms with Crippen molar-refractivity contribution in [2.24, 2.45) is 4.99 Å². The molecule has 88 valence electrons. The van der Waals surface area contributed by atoms with Gasteiger partial charge in [0.2, 0.25) is 0 Å². The van der Waals surface area contributed by atoms with Gasteiger partial charge in [-0.05, 0) is 24.3 Å². The summed E-state index contributed by atoms with van der Waals surface area (Å²) >= 11 is 5.03. The second-order valence-corrected chi connectivity index (χ2v) is 4.93. The van der Waals surface area contributed by atoms with Gasteiger partial charge in [0, 0.05) is 24.3 Å². The maximum Gasteiger partial charge on any atom is 0.156 e. The highest BCUT2D eigenvalue weighted by Crippen LogP contribution is 2.16. The number of thioether (sulfide) groups is 1. The number of ether oxygens (including phenoxy) is 1. The van der Waals surface area contributed by atoms with E-state index in [0.717, 1.165) is 21.1 Å². The van der Waals surface area contributed by atoms with Crippen molar-refractivity contribution in [3.05, 3.63) is 28.7 Å². The molecule has 3 nitrogen and oxygen atoms in total. The predicted molar refractivity (Wildman–Crippen MR) is 74.5 cm³/mol. The fourth-order valence-corrected chi connectivity index (χ4v) is 1.97. The molecule has 0 amide bonds. The Morgan fingerprint density at radius 1 is 1.44 bits per heavy atom. The SMILES string of the molecule is CN=C(NC)SCCOc1ccc(Br)cc1. The average Bonchev–Trinajstić information content (AvgIpc) is 2.32. The molecule has 0 atom stereocenters. The van der Waals surface area contributed by atoms with E-state index in [-0.39, 0.29) is 0 Å². The van der Waals surface area contributed by atoms with Gasteiger partial charge in [-0.2, -0.15) is 0 Å². The topological polar surface area (TPSA) is 33.6 Å². The van der Waals surface area contributed by atoms with Crippen molar-refractivity contribution in [1.82, 2.24) is 5.32 Å². The molecule has 1 N–H and O–H groups in total. The van der Waals surface area contributed by atoms with E-state index in [0.29, 0.717) is 6.61 Å². The molecule has 0 spiro atoms. The summed E-state index contributed by atoms with van der Waals surface area (Å²) in [7, 11) is 3.64. The number of nitrogens with zero attached hydrogens (tertiary/aromatic N) is 1. The van der Waals surface area contributed by atoms with Crippen LogP contribution in [-0.4, -0.2) is 31.6 Å². The van der Waals surface area contributed by atoms with Gasteiger partial charge in [-0.15, -0.1) is 0 Å². The lowest BCUT2D eigenvalue weighted by Gasteiger charge is -2.06. The number of benzene rings is 1. The summed E-state index contributed by atoms with van der Waals surface area (Å²) in [6, 6.07) is 7.83. The first-order chi connectivity index (χ1) is 7.76. The molecule has 1 aromatic carbocycles. The first-order valence-electron chi connectivity index (χ1n) is 4.92. The van der Waals surface area contributed by atoms with Crippen LogP contribution in [0.3, 0.4) is 0 Å². The van der Waals surface area contributed by atoms with Crippen LogP contribution in [0.4, 0.5) is 0 Å². The van der Waals surface area contributed by atoms with Crippen LogP contribution >= 0.6 is 27.7 Å². The summed E-state index contributed by atoms with van der Waals surface area (Å²) in [5.41, 5.74) is 0. The summed E-state index contributed by atoms with van der Waals surface area (Å²) in [5.74, 6) is 1.77. The molecule has 0 aliphatic carbocycles. The number of hydrogen-bond donors (Lipinski definition) is 1. The summed E-state index contributed by atoms with van der Waals surface area (Å²) in [4.78, 5) is 4.07. The summed E-state index contributed by atoms with van der Waals surface area (Å²) in [6.45, 7) is 0.674. The molecule has 0 aromatic heterocycles. The van der Waals surface area contributed by atoms with Crippen molar-refractivity contribution in [2.75, 3.05) is 26.5 Å². The number of aliphatic imine (C=N–C) groups is 1. The number of hydrogen-bond acceptors (Lipinski definition) is 3. The quantitative estimate of drug-likeness (QED) is 0.527. The van der Waals surface area contributed by atoms with Crippen LogP contribution in [0.5, 0.6) is 5.75 Å². The van der Waals surface area contributed by atoms with Crippen molar-refractivity contribution in [1.29, 1.82) is 0 Å². The maximum atomic E-state index is 5.58. The van der Waals surface area contributed by atoms with Gasteiger partial charge in [-0.25, -0.2) is 0 Å². The summed E-state index contributed by atoms with van der Waals surface area (Å²) in [6.07, 6.45) is 0. The van der Waals surface area contributed by atoms with Gasteiger partial charge in [0.05, 0.1) is 6.61 Å². The van der Waals surface area contributed by atoms with E-state index >= 15 is 0 Å². The molecule has 0 aliphatic heterocycles. The fraction of sp³-hybridized carbons (Fsp3) is 0.364. The Hall–Kier alpha value is -0.680. The van der Waals surface area contributed by atoms with Gasteiger partial charge in [-0.3, -0.25) is 4.99 Å². The van der Waals surface area contributed by atoms with Gasteiger partial charge in [0.25, 0.3) is 0 Å². The minimum absolute atomic E-state index is 0.674. The van der Waals surface area contributed by atoms with Crippen LogP contribution in [0.15, 0.2) is 33.7 Å². The zero-order chi connectivity index (χ0) is 11.8. The molecule has 1 aromatic rings. The summed E-state index contributed by atoms with van der Waals surface area (Å²) < 4.78 is 6.64. The molecule has 0 bridgehead atoms. The molecule has 0 radical (unpaired) electrons. The van der Waals surface area contributed by atoms with Crippen molar-refractivity contribution in [3.8, 4) is 5.75 Å². The summed E-state index contributed by atoms with van der Waals surface area (Å²) in [5, 5.41) is 3.94. The molecule has 0 saturated carbocycles. The van der Waals surface area contributed by atoms with Gasteiger partial charge in [0.1, 0.15) is 5.75 Å². The molecule has 16 heavy (non-hydrogen) atoms. The van der Waals surface area contributed by atoms with Crippen molar-refractivity contribution < 1.29 is 4.74 Å². The highest BCUT2D eigenvalue weighted by atomic mass is 79.9. The van der Waals surface area contributed by atoms with E-state index in [1.807, 2.05) is 31.3 Å². The Labute approximate surface area is 109 Å². The Bertz CT molecular complexity index is 340. The zero-order valence-corrected chi connectivity index (χ0v) is 11.8. The van der Waals surface area contributed by atoms with Gasteiger partial charge in [0.15, 0.2) is 5.17 Å². The van der Waals surface area contributed by atoms with Crippen molar-refractivity contribution >= 4 is 32.9 Å². The zero-order valence-electron chi connectivity index (χ0n) is 9.37. The minimum atomic E-state index is 0.674. The highest BCUT2D eigenvalue weighted by molar-refractivity contribution is 9.10. The van der Waals surface area contributed by atoms with E-state index in [4.69, 9.17) is 4.74 Å². The van der Waals surface area contributed by atoms with Crippen LogP contribution in [-0.2, 0) is 0 Å². The average molecular weight is 303 g/mol. The standard InChI is InChI=1S/C11H15BrN2OS/c1-13-11(14-2)16-8-7-15-10-5-3-9(12)4-6-10/h3-6H,7-8H2,1-2H3,(H,13,14). The van der Waals surface area contributed by atoms with Crippen LogP contribution in [0.2, 0.25) is 0 Å². The van der Waals surface area contributed by atoms with Gasteiger partial charge >= 0.3 is 0 Å². The van der Waals surface area contributed by atoms with E-state index in [2.05, 4.69) is 26.2 Å². The van der Waals surface area contributed by atoms with Crippen molar-refractivity contribution in [3.63, 3.8) is 0 Å². The first-order valence-corrected chi connectivity index (χ1v) is 6.70. The van der Waals surface area contributed by atoms with Crippen LogP contribution in [0.25, 0.3) is 0 Å². The van der Waals surface area contributed by atoms with E-state index < -0.39 is 0 Å². The second kappa shape index (κ2) is 7.57. The van der Waals surface area contributed by atoms with Crippen molar-refractivity contribution in [2.45, 2.75) is 0 Å². The Morgan fingerprint density at radius 2 is 2.12 bits per heavy atom. The lowest BCUT2D eigenvalue weighted by atomic mass is 10.3. The van der Waals surface area contributed by atoms with Gasteiger partial charge < -0.3 is 10.1 Å². The molecule has 0 saturated heterocycles. The number of nitrogens with one attached hydrogen (secondary N) is 1. The third-order valence-electron chi connectivity index (χ3n) is 1.82. The molecular weight excluding hydrogens is 288 g/mol. The van der Waals surface area contributed by atoms with E-state index in [1.54, 1.807) is 18.8 Å². The maximum absolute atomic E-state index is 5.58. The lowest BCUT2D eigenvalue weighted by molar-refractivity contribution is 0.344. The smallest absolute Gasteiger partial charge is 0.156 e. The predicted octanol–water partition coefficient (Wildman–Crippen LogP) is 2.77. The number of rotatable bonds is 4. The lowest BCUT2D eigenvalue weighted by Crippen LogP contribution is -2.15. The largest absolute Gasteiger partial charge is 0.493 e. The molecule has 0 aliphatic rings. The number of halogens is 1. The molecule has 0 heterocycles. The molecule has 1 rings (SSSR count). The Balaban J connectivity index is 2.23. The van der Waals surface area contributed by atoms with Gasteiger partial charge in [-0.1, -0.05) is 27.7 Å². The van der Waals surface area contributed by atoms with E-state index in [9.17, 15) is 0 Å².